The number of ether oxygens (including phenoxy) is 1. The number of hydrogen-bond acceptors (Lipinski definition) is 4. The van der Waals surface area contributed by atoms with Gasteiger partial charge in [-0.05, 0) is 30.2 Å². The summed E-state index contributed by atoms with van der Waals surface area (Å²) in [5, 5.41) is 2.96. The lowest BCUT2D eigenvalue weighted by molar-refractivity contribution is -0.121. The molecule has 7 nitrogen and oxygen atoms in total. The largest absolute Gasteiger partial charge is 0.496 e. The zero-order chi connectivity index (χ0) is 21.8. The minimum atomic E-state index is -1.01. The van der Waals surface area contributed by atoms with Gasteiger partial charge in [0.2, 0.25) is 5.91 Å². The first-order valence-electron chi connectivity index (χ1n) is 10.0. The molecule has 2 atom stereocenters. The fourth-order valence-electron chi connectivity index (χ4n) is 4.93. The van der Waals surface area contributed by atoms with Crippen LogP contribution in [0.1, 0.15) is 34.2 Å². The first kappa shape index (κ1) is 19.3. The lowest BCUT2D eigenvalue weighted by Gasteiger charge is -2.33. The molecule has 31 heavy (non-hydrogen) atoms. The van der Waals surface area contributed by atoms with E-state index < -0.39 is 23.2 Å². The van der Waals surface area contributed by atoms with Gasteiger partial charge in [-0.25, -0.2) is 9.37 Å². The number of carbonyl (C=O) groups is 2. The molecule has 1 aromatic heterocycles. The summed E-state index contributed by atoms with van der Waals surface area (Å²) in [5.74, 6) is -0.663. The topological polar surface area (TPSA) is 76.5 Å². The number of aromatic nitrogens is 2. The SMILES string of the molecule is COc1cccc(F)c1C(=O)N1CC[C@]2(C(=O)Nc3ccccc32)[C@@H]1c1nccn1C. The normalized spacial score (nSPS) is 22.0. The van der Waals surface area contributed by atoms with Gasteiger partial charge in [-0.3, -0.25) is 9.59 Å². The minimum absolute atomic E-state index is 0.145. The number of halogens is 1. The number of rotatable bonds is 3. The van der Waals surface area contributed by atoms with Crippen molar-refractivity contribution in [1.29, 1.82) is 0 Å². The maximum atomic E-state index is 14.7. The fraction of sp³-hybridized carbons (Fsp3) is 0.261. The third kappa shape index (κ3) is 2.60. The number of fused-ring (bicyclic) bond motifs is 2. The van der Waals surface area contributed by atoms with E-state index in [0.29, 0.717) is 12.2 Å². The number of imidazole rings is 1. The molecular weight excluding hydrogens is 399 g/mol. The van der Waals surface area contributed by atoms with Crippen molar-refractivity contribution < 1.29 is 18.7 Å². The quantitative estimate of drug-likeness (QED) is 0.707. The Balaban J connectivity index is 1.70. The Morgan fingerprint density at radius 2 is 2.06 bits per heavy atom. The lowest BCUT2D eigenvalue weighted by atomic mass is 9.74. The summed E-state index contributed by atoms with van der Waals surface area (Å²) in [6.45, 7) is 0.273. The van der Waals surface area contributed by atoms with Gasteiger partial charge in [-0.1, -0.05) is 24.3 Å². The average molecular weight is 420 g/mol. The van der Waals surface area contributed by atoms with Gasteiger partial charge in [-0.15, -0.1) is 0 Å². The maximum absolute atomic E-state index is 14.7. The molecule has 2 aliphatic rings. The standard InChI is InChI=1S/C23H21FN4O3/c1-27-13-11-25-20(27)19-23(14-6-3-4-8-16(14)26-22(23)30)10-12-28(19)21(29)18-15(24)7-5-9-17(18)31-2/h3-9,11,13,19H,10,12H2,1-2H3,(H,26,30)/t19-,23+/m0/s1. The molecule has 1 fully saturated rings. The van der Waals surface area contributed by atoms with Gasteiger partial charge < -0.3 is 19.5 Å². The number of anilines is 1. The van der Waals surface area contributed by atoms with Crippen LogP contribution in [0, 0.1) is 5.82 Å². The zero-order valence-corrected chi connectivity index (χ0v) is 17.1. The Morgan fingerprint density at radius 3 is 2.81 bits per heavy atom. The Morgan fingerprint density at radius 1 is 1.26 bits per heavy atom. The van der Waals surface area contributed by atoms with E-state index in [-0.39, 0.29) is 23.8 Å². The summed E-state index contributed by atoms with van der Waals surface area (Å²) in [6, 6.07) is 11.1. The lowest BCUT2D eigenvalue weighted by Crippen LogP contribution is -2.44. The van der Waals surface area contributed by atoms with E-state index in [1.165, 1.54) is 19.2 Å². The fourth-order valence-corrected chi connectivity index (χ4v) is 4.93. The number of amides is 2. The number of benzene rings is 2. The van der Waals surface area contributed by atoms with Crippen LogP contribution in [0.15, 0.2) is 54.9 Å². The summed E-state index contributed by atoms with van der Waals surface area (Å²) in [7, 11) is 3.22. The van der Waals surface area contributed by atoms with Crippen LogP contribution in [-0.2, 0) is 17.3 Å². The Kier molecular flexibility index (Phi) is 4.32. The molecular formula is C23H21FN4O3. The molecule has 8 heteroatoms. The molecule has 1 saturated heterocycles. The van der Waals surface area contributed by atoms with E-state index in [0.717, 1.165) is 11.3 Å². The molecule has 1 N–H and O–H groups in total. The molecule has 0 bridgehead atoms. The smallest absolute Gasteiger partial charge is 0.261 e. The van der Waals surface area contributed by atoms with E-state index in [4.69, 9.17) is 4.74 Å². The van der Waals surface area contributed by atoms with Gasteiger partial charge in [0.1, 0.15) is 34.4 Å². The monoisotopic (exact) mass is 420 g/mol. The molecule has 3 heterocycles. The highest BCUT2D eigenvalue weighted by Crippen LogP contribution is 2.54. The Labute approximate surface area is 178 Å². The summed E-state index contributed by atoms with van der Waals surface area (Å²) < 4.78 is 21.8. The summed E-state index contributed by atoms with van der Waals surface area (Å²) >= 11 is 0. The van der Waals surface area contributed by atoms with Gasteiger partial charge in [0.25, 0.3) is 5.91 Å². The molecule has 3 aromatic rings. The van der Waals surface area contributed by atoms with Crippen LogP contribution in [-0.4, -0.2) is 39.9 Å². The molecule has 158 valence electrons. The van der Waals surface area contributed by atoms with Crippen molar-refractivity contribution >= 4 is 17.5 Å². The van der Waals surface area contributed by atoms with Crippen molar-refractivity contribution in [1.82, 2.24) is 14.5 Å². The van der Waals surface area contributed by atoms with Crippen molar-refractivity contribution in [2.75, 3.05) is 19.0 Å². The van der Waals surface area contributed by atoms with Crippen LogP contribution in [0.4, 0.5) is 10.1 Å². The van der Waals surface area contributed by atoms with Crippen molar-refractivity contribution in [2.45, 2.75) is 17.9 Å². The van der Waals surface area contributed by atoms with Crippen molar-refractivity contribution in [2.24, 2.45) is 7.05 Å². The molecule has 0 aliphatic carbocycles. The second-order valence-electron chi connectivity index (χ2n) is 7.84. The minimum Gasteiger partial charge on any atom is -0.496 e. The molecule has 0 saturated carbocycles. The highest BCUT2D eigenvalue weighted by molar-refractivity contribution is 6.08. The number of methoxy groups -OCH3 is 1. The molecule has 2 aliphatic heterocycles. The van der Waals surface area contributed by atoms with E-state index in [2.05, 4.69) is 10.3 Å². The van der Waals surface area contributed by atoms with Crippen LogP contribution in [0.2, 0.25) is 0 Å². The van der Waals surface area contributed by atoms with Crippen LogP contribution < -0.4 is 10.1 Å². The molecule has 0 radical (unpaired) electrons. The highest BCUT2D eigenvalue weighted by atomic mass is 19.1. The Hall–Kier alpha value is -3.68. The second-order valence-corrected chi connectivity index (χ2v) is 7.84. The van der Waals surface area contributed by atoms with Crippen LogP contribution >= 0.6 is 0 Å². The summed E-state index contributed by atoms with van der Waals surface area (Å²) in [6.07, 6.45) is 3.80. The predicted molar refractivity (Wildman–Crippen MR) is 111 cm³/mol. The van der Waals surface area contributed by atoms with Crippen molar-refractivity contribution in [3.63, 3.8) is 0 Å². The molecule has 2 aromatic carbocycles. The third-order valence-corrected chi connectivity index (χ3v) is 6.36. The molecule has 2 amide bonds. The highest BCUT2D eigenvalue weighted by Gasteiger charge is 2.60. The van der Waals surface area contributed by atoms with E-state index in [1.54, 1.807) is 27.9 Å². The number of aryl methyl sites for hydroxylation is 1. The van der Waals surface area contributed by atoms with Crippen molar-refractivity contribution in [3.05, 3.63) is 77.6 Å². The van der Waals surface area contributed by atoms with Crippen LogP contribution in [0.5, 0.6) is 5.75 Å². The second kappa shape index (κ2) is 6.94. The van der Waals surface area contributed by atoms with Gasteiger partial charge in [0.05, 0.1) is 7.11 Å². The number of hydrogen-bond donors (Lipinski definition) is 1. The third-order valence-electron chi connectivity index (χ3n) is 6.36. The van der Waals surface area contributed by atoms with E-state index in [1.807, 2.05) is 31.3 Å². The van der Waals surface area contributed by atoms with E-state index >= 15 is 0 Å². The number of para-hydroxylation sites is 1. The zero-order valence-electron chi connectivity index (χ0n) is 17.1. The summed E-state index contributed by atoms with van der Waals surface area (Å²) in [5.41, 5.74) is 0.394. The number of nitrogens with one attached hydrogen (secondary N) is 1. The predicted octanol–water partition coefficient (Wildman–Crippen LogP) is 3.05. The van der Waals surface area contributed by atoms with Gasteiger partial charge in [-0.2, -0.15) is 0 Å². The van der Waals surface area contributed by atoms with Crippen LogP contribution in [0.25, 0.3) is 0 Å². The molecule has 1 spiro atoms. The first-order chi connectivity index (χ1) is 15.0. The molecule has 0 unspecified atom stereocenters. The van der Waals surface area contributed by atoms with Crippen LogP contribution in [0.3, 0.4) is 0 Å². The number of nitrogens with zero attached hydrogens (tertiary/aromatic N) is 3. The van der Waals surface area contributed by atoms with Gasteiger partial charge in [0.15, 0.2) is 0 Å². The Bertz CT molecular complexity index is 1210. The molecule has 5 rings (SSSR count). The van der Waals surface area contributed by atoms with Gasteiger partial charge >= 0.3 is 0 Å². The average Bonchev–Trinajstić information content (AvgIpc) is 3.44. The summed E-state index contributed by atoms with van der Waals surface area (Å²) in [4.78, 5) is 33.1. The number of carbonyl (C=O) groups excluding carboxylic acids is 2. The van der Waals surface area contributed by atoms with Crippen molar-refractivity contribution in [3.8, 4) is 5.75 Å². The van der Waals surface area contributed by atoms with E-state index in [9.17, 15) is 14.0 Å². The maximum Gasteiger partial charge on any atom is 0.261 e. The first-order valence-corrected chi connectivity index (χ1v) is 10.0. The van der Waals surface area contributed by atoms with Gasteiger partial charge in [0, 0.05) is 31.7 Å². The number of likely N-dealkylation sites (tertiary alicyclic amines) is 1.